The van der Waals surface area contributed by atoms with Crippen LogP contribution in [0.2, 0.25) is 5.02 Å². The van der Waals surface area contributed by atoms with Gasteiger partial charge in [0.1, 0.15) is 17.2 Å². The van der Waals surface area contributed by atoms with Crippen molar-refractivity contribution in [2.24, 2.45) is 0 Å². The summed E-state index contributed by atoms with van der Waals surface area (Å²) < 4.78 is 0. The van der Waals surface area contributed by atoms with Crippen molar-refractivity contribution in [1.82, 2.24) is 14.9 Å². The molecule has 0 aliphatic carbocycles. The highest BCUT2D eigenvalue weighted by Crippen LogP contribution is 2.22. The Morgan fingerprint density at radius 3 is 2.52 bits per heavy atom. The zero-order valence-electron chi connectivity index (χ0n) is 12.9. The number of rotatable bonds is 3. The SMILES string of the molecule is Cc1ncc(C(=O)Nc2ccc(C(=O)N(C)C)c(Cl)c2)c(N)n1. The molecule has 2 amide bonds. The molecule has 1 aromatic carbocycles. The maximum absolute atomic E-state index is 12.2. The summed E-state index contributed by atoms with van der Waals surface area (Å²) in [6.45, 7) is 1.68. The molecular weight excluding hydrogens is 318 g/mol. The fourth-order valence-electron chi connectivity index (χ4n) is 1.87. The normalized spacial score (nSPS) is 10.3. The summed E-state index contributed by atoms with van der Waals surface area (Å²) >= 11 is 6.10. The third-order valence-electron chi connectivity index (χ3n) is 3.05. The molecule has 0 bridgehead atoms. The van der Waals surface area contributed by atoms with E-state index in [2.05, 4.69) is 15.3 Å². The first-order chi connectivity index (χ1) is 10.8. The van der Waals surface area contributed by atoms with Crippen LogP contribution < -0.4 is 11.1 Å². The second-order valence-corrected chi connectivity index (χ2v) is 5.47. The van der Waals surface area contributed by atoms with Crippen LogP contribution >= 0.6 is 11.6 Å². The van der Waals surface area contributed by atoms with E-state index in [1.165, 1.54) is 17.2 Å². The monoisotopic (exact) mass is 333 g/mol. The number of carbonyl (C=O) groups is 2. The zero-order valence-corrected chi connectivity index (χ0v) is 13.7. The number of carbonyl (C=O) groups excluding carboxylic acids is 2. The van der Waals surface area contributed by atoms with Crippen molar-refractivity contribution in [1.29, 1.82) is 0 Å². The van der Waals surface area contributed by atoms with Crippen molar-refractivity contribution < 1.29 is 9.59 Å². The number of benzene rings is 1. The molecule has 2 aromatic rings. The number of nitrogens with one attached hydrogen (secondary N) is 1. The number of nitrogens with zero attached hydrogens (tertiary/aromatic N) is 3. The summed E-state index contributed by atoms with van der Waals surface area (Å²) in [4.78, 5) is 33.4. The summed E-state index contributed by atoms with van der Waals surface area (Å²) in [5.41, 5.74) is 6.68. The number of aromatic nitrogens is 2. The van der Waals surface area contributed by atoms with Crippen molar-refractivity contribution in [2.45, 2.75) is 6.92 Å². The number of halogens is 1. The summed E-state index contributed by atoms with van der Waals surface area (Å²) in [7, 11) is 3.27. The molecule has 3 N–H and O–H groups in total. The maximum atomic E-state index is 12.2. The van der Waals surface area contributed by atoms with Gasteiger partial charge >= 0.3 is 0 Å². The van der Waals surface area contributed by atoms with Crippen molar-refractivity contribution in [3.63, 3.8) is 0 Å². The lowest BCUT2D eigenvalue weighted by atomic mass is 10.1. The lowest BCUT2D eigenvalue weighted by Gasteiger charge is -2.13. The van der Waals surface area contributed by atoms with Gasteiger partial charge in [-0.05, 0) is 25.1 Å². The molecule has 0 atom stereocenters. The highest BCUT2D eigenvalue weighted by atomic mass is 35.5. The van der Waals surface area contributed by atoms with Crippen LogP contribution in [-0.4, -0.2) is 40.8 Å². The zero-order chi connectivity index (χ0) is 17.1. The van der Waals surface area contributed by atoms with Gasteiger partial charge in [-0.15, -0.1) is 0 Å². The molecule has 0 unspecified atom stereocenters. The Bertz CT molecular complexity index is 776. The van der Waals surface area contributed by atoms with E-state index in [-0.39, 0.29) is 22.3 Å². The van der Waals surface area contributed by atoms with Crippen LogP contribution in [0.4, 0.5) is 11.5 Å². The number of anilines is 2. The smallest absolute Gasteiger partial charge is 0.260 e. The highest BCUT2D eigenvalue weighted by Gasteiger charge is 2.15. The van der Waals surface area contributed by atoms with Crippen LogP contribution in [0.1, 0.15) is 26.5 Å². The summed E-state index contributed by atoms with van der Waals surface area (Å²) in [6.07, 6.45) is 1.36. The van der Waals surface area contributed by atoms with E-state index in [1.807, 2.05) is 0 Å². The standard InChI is InChI=1S/C15H16ClN5O2/c1-8-18-7-11(13(17)19-8)14(22)20-9-4-5-10(12(16)6-9)15(23)21(2)3/h4-7H,1-3H3,(H,20,22)(H2,17,18,19). The van der Waals surface area contributed by atoms with Crippen LogP contribution in [-0.2, 0) is 0 Å². The minimum Gasteiger partial charge on any atom is -0.383 e. The van der Waals surface area contributed by atoms with Crippen LogP contribution in [0.15, 0.2) is 24.4 Å². The van der Waals surface area contributed by atoms with Gasteiger partial charge in [-0.2, -0.15) is 0 Å². The van der Waals surface area contributed by atoms with E-state index in [1.54, 1.807) is 33.2 Å². The number of aryl methyl sites for hydroxylation is 1. The molecule has 8 heteroatoms. The van der Waals surface area contributed by atoms with Crippen LogP contribution in [0.25, 0.3) is 0 Å². The molecule has 0 spiro atoms. The van der Waals surface area contributed by atoms with Crippen molar-refractivity contribution in [3.05, 3.63) is 46.4 Å². The molecule has 23 heavy (non-hydrogen) atoms. The van der Waals surface area contributed by atoms with Crippen molar-refractivity contribution in [2.75, 3.05) is 25.1 Å². The quantitative estimate of drug-likeness (QED) is 0.894. The predicted octanol–water partition coefficient (Wildman–Crippen LogP) is 1.97. The maximum Gasteiger partial charge on any atom is 0.260 e. The van der Waals surface area contributed by atoms with Crippen LogP contribution in [0.5, 0.6) is 0 Å². The third kappa shape index (κ3) is 3.75. The average molecular weight is 334 g/mol. The minimum atomic E-state index is -0.453. The molecule has 0 aliphatic heterocycles. The van der Waals surface area contributed by atoms with E-state index >= 15 is 0 Å². The number of amides is 2. The van der Waals surface area contributed by atoms with Crippen molar-refractivity contribution in [3.8, 4) is 0 Å². The van der Waals surface area contributed by atoms with E-state index in [4.69, 9.17) is 17.3 Å². The Balaban J connectivity index is 2.22. The van der Waals surface area contributed by atoms with Gasteiger partial charge in [0.25, 0.3) is 11.8 Å². The highest BCUT2D eigenvalue weighted by molar-refractivity contribution is 6.34. The second-order valence-electron chi connectivity index (χ2n) is 5.06. The largest absolute Gasteiger partial charge is 0.383 e. The fourth-order valence-corrected chi connectivity index (χ4v) is 2.13. The van der Waals surface area contributed by atoms with Gasteiger partial charge in [0.2, 0.25) is 0 Å². The third-order valence-corrected chi connectivity index (χ3v) is 3.36. The first-order valence-corrected chi connectivity index (χ1v) is 7.09. The van der Waals surface area contributed by atoms with Gasteiger partial charge in [0, 0.05) is 26.0 Å². The lowest BCUT2D eigenvalue weighted by Crippen LogP contribution is -2.22. The number of nitrogens with two attached hydrogens (primary N) is 1. The van der Waals surface area contributed by atoms with Crippen LogP contribution in [0.3, 0.4) is 0 Å². The van der Waals surface area contributed by atoms with E-state index in [0.717, 1.165) is 0 Å². The Kier molecular flexibility index (Phi) is 4.80. The molecule has 120 valence electrons. The Hall–Kier alpha value is -2.67. The Labute approximate surface area is 138 Å². The van der Waals surface area contributed by atoms with Gasteiger partial charge in [-0.3, -0.25) is 9.59 Å². The number of nitrogen functional groups attached to an aromatic ring is 1. The second kappa shape index (κ2) is 6.62. The van der Waals surface area contributed by atoms with Gasteiger partial charge in [-0.1, -0.05) is 11.6 Å². The fraction of sp³-hybridized carbons (Fsp3) is 0.200. The van der Waals surface area contributed by atoms with Gasteiger partial charge in [-0.25, -0.2) is 9.97 Å². The first-order valence-electron chi connectivity index (χ1n) is 6.71. The summed E-state index contributed by atoms with van der Waals surface area (Å²) in [5, 5.41) is 2.89. The Morgan fingerprint density at radius 2 is 1.96 bits per heavy atom. The predicted molar refractivity (Wildman–Crippen MR) is 88.6 cm³/mol. The van der Waals surface area contributed by atoms with Gasteiger partial charge in [0.15, 0.2) is 0 Å². The molecule has 0 saturated heterocycles. The summed E-state index contributed by atoms with van der Waals surface area (Å²) in [6, 6.07) is 4.64. The minimum absolute atomic E-state index is 0.0977. The molecule has 7 nitrogen and oxygen atoms in total. The number of hydrogen-bond donors (Lipinski definition) is 2. The van der Waals surface area contributed by atoms with E-state index in [9.17, 15) is 9.59 Å². The lowest BCUT2D eigenvalue weighted by molar-refractivity contribution is 0.0827. The molecular formula is C15H16ClN5O2. The number of hydrogen-bond acceptors (Lipinski definition) is 5. The molecule has 2 rings (SSSR count). The topological polar surface area (TPSA) is 101 Å². The first kappa shape index (κ1) is 16.7. The van der Waals surface area contributed by atoms with Gasteiger partial charge < -0.3 is 16.0 Å². The molecule has 0 aliphatic rings. The van der Waals surface area contributed by atoms with Gasteiger partial charge in [0.05, 0.1) is 10.6 Å². The molecule has 0 fully saturated rings. The summed E-state index contributed by atoms with van der Waals surface area (Å²) in [5.74, 6) is -0.0940. The molecule has 0 saturated carbocycles. The Morgan fingerprint density at radius 1 is 1.26 bits per heavy atom. The molecule has 0 radical (unpaired) electrons. The van der Waals surface area contributed by atoms with E-state index < -0.39 is 5.91 Å². The van der Waals surface area contributed by atoms with E-state index in [0.29, 0.717) is 17.1 Å². The average Bonchev–Trinajstić information content (AvgIpc) is 2.46. The van der Waals surface area contributed by atoms with Crippen molar-refractivity contribution >= 4 is 34.9 Å². The van der Waals surface area contributed by atoms with Crippen LogP contribution in [0, 0.1) is 6.92 Å². The molecule has 1 heterocycles. The molecule has 1 aromatic heterocycles.